The van der Waals surface area contributed by atoms with Crippen LogP contribution in [0.15, 0.2) is 96.3 Å². The summed E-state index contributed by atoms with van der Waals surface area (Å²) in [5, 5.41) is 13.6. The van der Waals surface area contributed by atoms with E-state index < -0.39 is 16.1 Å². The Balaban J connectivity index is 1.22. The Labute approximate surface area is 216 Å². The summed E-state index contributed by atoms with van der Waals surface area (Å²) in [5.41, 5.74) is 3.60. The predicted octanol–water partition coefficient (Wildman–Crippen LogP) is 3.96. The first-order valence-electron chi connectivity index (χ1n) is 12.1. The number of hydrogen-bond acceptors (Lipinski definition) is 7. The minimum Gasteiger partial charge on any atom is -0.489 e. The molecule has 8 nitrogen and oxygen atoms in total. The molecular formula is C28H28N4O4S. The molecule has 3 N–H and O–H groups in total. The normalized spacial score (nSPS) is 15.9. The van der Waals surface area contributed by atoms with Crippen LogP contribution in [-0.2, 0) is 16.4 Å². The van der Waals surface area contributed by atoms with Crippen molar-refractivity contribution < 1.29 is 18.3 Å². The highest BCUT2D eigenvalue weighted by Gasteiger charge is 2.21. The van der Waals surface area contributed by atoms with Gasteiger partial charge < -0.3 is 15.2 Å². The van der Waals surface area contributed by atoms with Gasteiger partial charge in [-0.25, -0.2) is 13.4 Å². The standard InChI is InChI=1S/C28H28N4O4S/c33-26(23-6-4-13-29-17-23)19-30-18-24-11-9-22-15-21(10-12-27(22)36-24)20-5-3-7-25(16-20)37(34,35)32-28-8-1-2-14-31-28/h1-8,10,12-17,24,26,30,33H,9,11,18-19H2,(H,31,32)/t24-,26+/m1/s1. The molecule has 3 heterocycles. The number of anilines is 1. The van der Waals surface area contributed by atoms with Gasteiger partial charge in [-0.05, 0) is 72.0 Å². The van der Waals surface area contributed by atoms with E-state index in [1.165, 1.54) is 6.20 Å². The van der Waals surface area contributed by atoms with Gasteiger partial charge in [-0.15, -0.1) is 0 Å². The number of pyridine rings is 2. The number of nitrogens with zero attached hydrogens (tertiary/aromatic N) is 2. The maximum atomic E-state index is 12.9. The predicted molar refractivity (Wildman–Crippen MR) is 142 cm³/mol. The van der Waals surface area contributed by atoms with Crippen LogP contribution in [0.1, 0.15) is 23.7 Å². The van der Waals surface area contributed by atoms with Crippen LogP contribution in [0.3, 0.4) is 0 Å². The molecule has 190 valence electrons. The summed E-state index contributed by atoms with van der Waals surface area (Å²) in [6.07, 6.45) is 5.96. The molecule has 5 rings (SSSR count). The van der Waals surface area contributed by atoms with Crippen LogP contribution in [0.5, 0.6) is 5.75 Å². The fourth-order valence-corrected chi connectivity index (χ4v) is 5.36. The summed E-state index contributed by atoms with van der Waals surface area (Å²) < 4.78 is 34.4. The minimum atomic E-state index is -3.77. The van der Waals surface area contributed by atoms with Gasteiger partial charge in [0.15, 0.2) is 0 Å². The highest BCUT2D eigenvalue weighted by atomic mass is 32.2. The second kappa shape index (κ2) is 11.1. The summed E-state index contributed by atoms with van der Waals surface area (Å²) in [4.78, 5) is 8.26. The lowest BCUT2D eigenvalue weighted by Crippen LogP contribution is -2.36. The molecule has 37 heavy (non-hydrogen) atoms. The van der Waals surface area contributed by atoms with Crippen LogP contribution in [0.2, 0.25) is 0 Å². The summed E-state index contributed by atoms with van der Waals surface area (Å²) >= 11 is 0. The molecular weight excluding hydrogens is 488 g/mol. The van der Waals surface area contributed by atoms with Crippen molar-refractivity contribution in [1.82, 2.24) is 15.3 Å². The number of ether oxygens (including phenoxy) is 1. The molecule has 4 aromatic rings. The lowest BCUT2D eigenvalue weighted by molar-refractivity contribution is 0.146. The lowest BCUT2D eigenvalue weighted by Gasteiger charge is -2.27. The van der Waals surface area contributed by atoms with Crippen LogP contribution in [-0.4, -0.2) is 42.7 Å². The minimum absolute atomic E-state index is 0.00518. The van der Waals surface area contributed by atoms with E-state index in [0.29, 0.717) is 13.1 Å². The van der Waals surface area contributed by atoms with Gasteiger partial charge >= 0.3 is 0 Å². The average Bonchev–Trinajstić information content (AvgIpc) is 2.93. The zero-order chi connectivity index (χ0) is 25.7. The zero-order valence-electron chi connectivity index (χ0n) is 20.1. The first kappa shape index (κ1) is 24.9. The summed E-state index contributed by atoms with van der Waals surface area (Å²) in [6.45, 7) is 1.05. The maximum absolute atomic E-state index is 12.9. The number of aliphatic hydroxyl groups is 1. The van der Waals surface area contributed by atoms with Crippen molar-refractivity contribution in [3.05, 3.63) is 103 Å². The largest absolute Gasteiger partial charge is 0.489 e. The molecule has 2 aromatic carbocycles. The molecule has 0 fully saturated rings. The van der Waals surface area contributed by atoms with Gasteiger partial charge in [0.2, 0.25) is 0 Å². The van der Waals surface area contributed by atoms with Gasteiger partial charge in [0.05, 0.1) is 11.0 Å². The summed E-state index contributed by atoms with van der Waals surface area (Å²) in [5.74, 6) is 1.10. The number of rotatable bonds is 9. The molecule has 1 aliphatic heterocycles. The molecule has 0 saturated heterocycles. The smallest absolute Gasteiger partial charge is 0.263 e. The Hall–Kier alpha value is -3.79. The Morgan fingerprint density at radius 1 is 1.00 bits per heavy atom. The Morgan fingerprint density at radius 3 is 2.70 bits per heavy atom. The highest BCUT2D eigenvalue weighted by Crippen LogP contribution is 2.33. The van der Waals surface area contributed by atoms with Gasteiger partial charge in [0, 0.05) is 37.2 Å². The maximum Gasteiger partial charge on any atom is 0.263 e. The van der Waals surface area contributed by atoms with E-state index in [1.54, 1.807) is 48.8 Å². The van der Waals surface area contributed by atoms with Crippen LogP contribution in [0.4, 0.5) is 5.82 Å². The van der Waals surface area contributed by atoms with Crippen LogP contribution >= 0.6 is 0 Å². The van der Waals surface area contributed by atoms with Crippen molar-refractivity contribution >= 4 is 15.8 Å². The van der Waals surface area contributed by atoms with Gasteiger partial charge in [-0.3, -0.25) is 9.71 Å². The van der Waals surface area contributed by atoms with Crippen molar-refractivity contribution in [3.8, 4) is 16.9 Å². The molecule has 0 amide bonds. The molecule has 0 aliphatic carbocycles. The van der Waals surface area contributed by atoms with E-state index in [1.807, 2.05) is 30.3 Å². The molecule has 0 unspecified atom stereocenters. The van der Waals surface area contributed by atoms with E-state index in [9.17, 15) is 13.5 Å². The summed E-state index contributed by atoms with van der Waals surface area (Å²) in [7, 11) is -3.77. The highest BCUT2D eigenvalue weighted by molar-refractivity contribution is 7.92. The molecule has 1 aliphatic rings. The third kappa shape index (κ3) is 6.14. The first-order chi connectivity index (χ1) is 18.0. The SMILES string of the molecule is O=S(=O)(Nc1ccccn1)c1cccc(-c2ccc3c(c2)CC[C@H](CNC[C@H](O)c2cccnc2)O3)c1. The molecule has 0 saturated carbocycles. The monoisotopic (exact) mass is 516 g/mol. The molecule has 2 aromatic heterocycles. The Kier molecular flexibility index (Phi) is 7.45. The van der Waals surface area contributed by atoms with Gasteiger partial charge in [-0.1, -0.05) is 30.3 Å². The molecule has 9 heteroatoms. The van der Waals surface area contributed by atoms with Crippen molar-refractivity contribution in [3.63, 3.8) is 0 Å². The average molecular weight is 517 g/mol. The zero-order valence-corrected chi connectivity index (χ0v) is 20.9. The number of fused-ring (bicyclic) bond motifs is 1. The number of nitrogens with one attached hydrogen (secondary N) is 2. The number of aryl methyl sites for hydroxylation is 1. The Morgan fingerprint density at radius 2 is 1.89 bits per heavy atom. The lowest BCUT2D eigenvalue weighted by atomic mass is 9.97. The fraction of sp³-hybridized carbons (Fsp3) is 0.214. The second-order valence-electron chi connectivity index (χ2n) is 8.91. The van der Waals surface area contributed by atoms with Gasteiger partial charge in [0.25, 0.3) is 10.0 Å². The number of hydrogen-bond donors (Lipinski definition) is 3. The van der Waals surface area contributed by atoms with Gasteiger partial charge in [-0.2, -0.15) is 0 Å². The van der Waals surface area contributed by atoms with Crippen LogP contribution in [0.25, 0.3) is 11.1 Å². The van der Waals surface area contributed by atoms with E-state index in [2.05, 4.69) is 26.1 Å². The third-order valence-electron chi connectivity index (χ3n) is 6.25. The van der Waals surface area contributed by atoms with Crippen molar-refractivity contribution in [2.45, 2.75) is 29.9 Å². The number of benzene rings is 2. The molecule has 0 radical (unpaired) electrons. The molecule has 0 spiro atoms. The summed E-state index contributed by atoms with van der Waals surface area (Å²) in [6, 6.07) is 21.5. The van der Waals surface area contributed by atoms with Crippen LogP contribution in [0, 0.1) is 0 Å². The molecule has 2 atom stereocenters. The van der Waals surface area contributed by atoms with Crippen LogP contribution < -0.4 is 14.8 Å². The van der Waals surface area contributed by atoms with Crippen molar-refractivity contribution in [1.29, 1.82) is 0 Å². The van der Waals surface area contributed by atoms with Gasteiger partial charge in [0.1, 0.15) is 17.7 Å². The number of aliphatic hydroxyl groups excluding tert-OH is 1. The third-order valence-corrected chi connectivity index (χ3v) is 7.60. The van der Waals surface area contributed by atoms with E-state index in [4.69, 9.17) is 4.74 Å². The van der Waals surface area contributed by atoms with E-state index in [-0.39, 0.29) is 16.8 Å². The van der Waals surface area contributed by atoms with Crippen molar-refractivity contribution in [2.75, 3.05) is 17.8 Å². The first-order valence-corrected chi connectivity index (χ1v) is 13.6. The number of sulfonamides is 1. The fourth-order valence-electron chi connectivity index (χ4n) is 4.30. The second-order valence-corrected chi connectivity index (χ2v) is 10.6. The van der Waals surface area contributed by atoms with E-state index in [0.717, 1.165) is 40.8 Å². The topological polar surface area (TPSA) is 113 Å². The quantitative estimate of drug-likeness (QED) is 0.309. The van der Waals surface area contributed by atoms with Crippen molar-refractivity contribution in [2.24, 2.45) is 0 Å². The van der Waals surface area contributed by atoms with E-state index >= 15 is 0 Å². The Bertz CT molecular complexity index is 1450. The number of aromatic nitrogens is 2. The molecule has 0 bridgehead atoms.